The van der Waals surface area contributed by atoms with Crippen LogP contribution in [0.25, 0.3) is 0 Å². The Morgan fingerprint density at radius 3 is 2.83 bits per heavy atom. The molecule has 1 aromatic heterocycles. The van der Waals surface area contributed by atoms with Gasteiger partial charge < -0.3 is 0 Å². The van der Waals surface area contributed by atoms with Crippen LogP contribution in [0.2, 0.25) is 0 Å². The summed E-state index contributed by atoms with van der Waals surface area (Å²) in [7, 11) is 4.12. The lowest BCUT2D eigenvalue weighted by molar-refractivity contribution is 1.78. The zero-order valence-electron chi connectivity index (χ0n) is 3.47. The van der Waals surface area contributed by atoms with Crippen molar-refractivity contribution in [1.29, 1.82) is 0 Å². The third-order valence-corrected chi connectivity index (χ3v) is 5.98. The molecule has 3 heteroatoms. The first kappa shape index (κ1) is 4.79. The largest absolute Gasteiger partial charge is 0.103 e. The van der Waals surface area contributed by atoms with Gasteiger partial charge in [0, 0.05) is 0 Å². The SMILES string of the molecule is Cc1pcp[pH]1. The molecule has 0 aliphatic rings. The van der Waals surface area contributed by atoms with E-state index in [1.165, 1.54) is 16.1 Å². The van der Waals surface area contributed by atoms with Crippen LogP contribution in [-0.4, -0.2) is 0 Å². The topological polar surface area (TPSA) is 0 Å². The van der Waals surface area contributed by atoms with E-state index < -0.39 is 0 Å². The number of aryl methyl sites for hydroxylation is 1. The van der Waals surface area contributed by atoms with Gasteiger partial charge in [-0.2, -0.15) is 0 Å². The summed E-state index contributed by atoms with van der Waals surface area (Å²) >= 11 is 0. The molecule has 0 spiro atoms. The summed E-state index contributed by atoms with van der Waals surface area (Å²) in [6.45, 7) is 2.22. The second kappa shape index (κ2) is 2.08. The van der Waals surface area contributed by atoms with E-state index in [9.17, 15) is 0 Å². The van der Waals surface area contributed by atoms with Crippen LogP contribution in [0, 0.1) is 6.92 Å². The van der Waals surface area contributed by atoms with Gasteiger partial charge in [-0.1, -0.05) is 16.1 Å². The Morgan fingerprint density at radius 1 is 1.83 bits per heavy atom. The number of hydrogen-bond donors (Lipinski definition) is 0. The highest BCUT2D eigenvalue weighted by atomic mass is 31.8. The second-order valence-corrected chi connectivity index (χ2v) is 6.02. The molecule has 0 aliphatic carbocycles. The highest BCUT2D eigenvalue weighted by molar-refractivity contribution is 7.95. The molecule has 1 rings (SSSR count). The summed E-state index contributed by atoms with van der Waals surface area (Å²) in [6, 6.07) is 0. The lowest BCUT2D eigenvalue weighted by Crippen LogP contribution is -1.30. The summed E-state index contributed by atoms with van der Waals surface area (Å²) in [4.78, 5) is 0. The molecule has 0 fully saturated rings. The second-order valence-electron chi connectivity index (χ2n) is 1.07. The van der Waals surface area contributed by atoms with Crippen LogP contribution in [0.1, 0.15) is 5.03 Å². The van der Waals surface area contributed by atoms with Gasteiger partial charge in [0.1, 0.15) is 0 Å². The van der Waals surface area contributed by atoms with Gasteiger partial charge in [-0.25, -0.2) is 0 Å². The maximum atomic E-state index is 2.30. The van der Waals surface area contributed by atoms with Crippen LogP contribution < -0.4 is 0 Å². The van der Waals surface area contributed by atoms with Crippen LogP contribution in [0.3, 0.4) is 0 Å². The van der Waals surface area contributed by atoms with E-state index in [-0.39, 0.29) is 0 Å². The molecule has 1 aromatic rings. The molecule has 1 unspecified atom stereocenters. The fourth-order valence-corrected chi connectivity index (χ4v) is 5.00. The summed E-state index contributed by atoms with van der Waals surface area (Å²) in [6.07, 6.45) is 0. The summed E-state index contributed by atoms with van der Waals surface area (Å²) in [5, 5.41) is 1.64. The molecule has 6 heavy (non-hydrogen) atoms. The molecule has 0 aromatic carbocycles. The Balaban J connectivity index is 3.05. The highest BCUT2D eigenvalue weighted by Gasteiger charge is 1.75. The normalized spacial score (nSPS) is 12.8. The van der Waals surface area contributed by atoms with Gasteiger partial charge in [0.15, 0.2) is 0 Å². The summed E-state index contributed by atoms with van der Waals surface area (Å²) < 4.78 is 0. The minimum atomic E-state index is 1.10. The van der Waals surface area contributed by atoms with Crippen molar-refractivity contribution in [3.8, 4) is 0 Å². The molecular weight excluding hydrogens is 129 g/mol. The average Bonchev–Trinajstić information content (AvgIpc) is 1.86. The third-order valence-electron chi connectivity index (χ3n) is 0.535. The Bertz CT molecular complexity index is 110. The Hall–Kier alpha value is 0.640. The van der Waals surface area contributed by atoms with Crippen molar-refractivity contribution in [3.05, 3.63) is 10.6 Å². The van der Waals surface area contributed by atoms with Crippen molar-refractivity contribution in [2.24, 2.45) is 0 Å². The van der Waals surface area contributed by atoms with E-state index in [1.54, 1.807) is 5.03 Å². The zero-order chi connectivity index (χ0) is 4.41. The van der Waals surface area contributed by atoms with Gasteiger partial charge >= 0.3 is 0 Å². The van der Waals surface area contributed by atoms with E-state index in [2.05, 4.69) is 12.5 Å². The van der Waals surface area contributed by atoms with Crippen LogP contribution in [-0.2, 0) is 0 Å². The predicted octanol–water partition coefficient (Wildman–Crippen LogP) is 3.19. The fraction of sp³-hybridized carbons (Fsp3) is 0.333. The molecule has 0 saturated carbocycles. The van der Waals surface area contributed by atoms with E-state index in [1.807, 2.05) is 0 Å². The average molecular weight is 134 g/mol. The van der Waals surface area contributed by atoms with E-state index in [4.69, 9.17) is 0 Å². The quantitative estimate of drug-likeness (QED) is 0.511. The van der Waals surface area contributed by atoms with Crippen molar-refractivity contribution in [2.75, 3.05) is 0 Å². The fourth-order valence-electron chi connectivity index (χ4n) is 0.267. The molecule has 0 aliphatic heterocycles. The molecule has 1 heterocycles. The van der Waals surface area contributed by atoms with Gasteiger partial charge in [-0.3, -0.25) is 0 Å². The Morgan fingerprint density at radius 2 is 2.67 bits per heavy atom. The molecule has 0 radical (unpaired) electrons. The molecule has 0 amide bonds. The minimum Gasteiger partial charge on any atom is -0.103 e. The lowest BCUT2D eigenvalue weighted by atomic mass is 11.0. The standard InChI is InChI=1S/C3H5P3/c1-3-4-2-5-6-3/h2,6H,1H3. The Labute approximate surface area is 42.2 Å². The van der Waals surface area contributed by atoms with Gasteiger partial charge in [-0.15, -0.1) is 7.87 Å². The molecule has 0 nitrogen and oxygen atoms in total. The summed E-state index contributed by atoms with van der Waals surface area (Å²) in [5.74, 6) is 0. The molecule has 0 saturated heterocycles. The number of hydrogen-bond acceptors (Lipinski definition) is 0. The predicted molar refractivity (Wildman–Crippen MR) is 35.7 cm³/mol. The van der Waals surface area contributed by atoms with Crippen LogP contribution in [0.15, 0.2) is 5.53 Å². The van der Waals surface area contributed by atoms with E-state index in [0.29, 0.717) is 0 Å². The maximum absolute atomic E-state index is 2.30. The van der Waals surface area contributed by atoms with Crippen LogP contribution >= 0.6 is 23.9 Å². The smallest absolute Gasteiger partial charge is 0.00256 e. The van der Waals surface area contributed by atoms with Gasteiger partial charge in [0.05, 0.1) is 0 Å². The van der Waals surface area contributed by atoms with Crippen molar-refractivity contribution >= 4 is 23.9 Å². The maximum Gasteiger partial charge on any atom is -0.00256 e. The Kier molecular flexibility index (Phi) is 1.66. The monoisotopic (exact) mass is 134 g/mol. The highest BCUT2D eigenvalue weighted by Crippen LogP contribution is 2.33. The first-order chi connectivity index (χ1) is 2.89. The third kappa shape index (κ3) is 1.05. The molecule has 0 bridgehead atoms. The molecule has 0 N–H and O–H groups in total. The van der Waals surface area contributed by atoms with Gasteiger partial charge in [0.2, 0.25) is 0 Å². The van der Waals surface area contributed by atoms with Crippen molar-refractivity contribution in [2.45, 2.75) is 6.92 Å². The molecular formula is C3H5P3. The zero-order valence-corrected chi connectivity index (χ0v) is 6.26. The van der Waals surface area contributed by atoms with E-state index >= 15 is 0 Å². The van der Waals surface area contributed by atoms with Crippen LogP contribution in [0.5, 0.6) is 0 Å². The molecule has 32 valence electrons. The minimum absolute atomic E-state index is 1.10. The van der Waals surface area contributed by atoms with Gasteiger partial charge in [0.25, 0.3) is 0 Å². The lowest BCUT2D eigenvalue weighted by Gasteiger charge is -1.65. The van der Waals surface area contributed by atoms with Crippen LogP contribution in [0.4, 0.5) is 0 Å². The van der Waals surface area contributed by atoms with Crippen molar-refractivity contribution in [1.82, 2.24) is 0 Å². The van der Waals surface area contributed by atoms with Crippen molar-refractivity contribution in [3.63, 3.8) is 0 Å². The number of rotatable bonds is 0. The van der Waals surface area contributed by atoms with Gasteiger partial charge in [-0.05, 0) is 17.5 Å². The summed E-state index contributed by atoms with van der Waals surface area (Å²) in [5.41, 5.74) is 2.30. The first-order valence-corrected chi connectivity index (χ1v) is 5.48. The van der Waals surface area contributed by atoms with E-state index in [0.717, 1.165) is 7.87 Å². The molecule has 1 atom stereocenters. The van der Waals surface area contributed by atoms with Crippen molar-refractivity contribution < 1.29 is 0 Å². The first-order valence-electron chi connectivity index (χ1n) is 1.71.